The van der Waals surface area contributed by atoms with Gasteiger partial charge in [0.05, 0.1) is 16.8 Å². The van der Waals surface area contributed by atoms with Crippen molar-refractivity contribution in [3.63, 3.8) is 0 Å². The molecule has 0 amide bonds. The second kappa shape index (κ2) is 5.31. The minimum Gasteiger partial charge on any atom is -0.358 e. The van der Waals surface area contributed by atoms with Crippen molar-refractivity contribution in [2.75, 3.05) is 4.72 Å². The van der Waals surface area contributed by atoms with Crippen molar-refractivity contribution < 1.29 is 4.21 Å². The molecule has 1 atom stereocenters. The number of aromatic nitrogens is 3. The van der Waals surface area contributed by atoms with E-state index in [9.17, 15) is 4.21 Å². The van der Waals surface area contributed by atoms with Gasteiger partial charge in [0, 0.05) is 24.8 Å². The molecule has 3 aromatic rings. The Morgan fingerprint density at radius 1 is 1.41 bits per heavy atom. The summed E-state index contributed by atoms with van der Waals surface area (Å²) in [6, 6.07) is 5.92. The van der Waals surface area contributed by atoms with Gasteiger partial charge in [-0.1, -0.05) is 6.07 Å². The molecule has 2 N–H and O–H groups in total. The smallest absolute Gasteiger partial charge is 0.171 e. The van der Waals surface area contributed by atoms with Crippen LogP contribution in [0.15, 0.2) is 29.6 Å². The Morgan fingerprint density at radius 3 is 2.82 bits per heavy atom. The molecule has 0 saturated carbocycles. The maximum atomic E-state index is 12.4. The zero-order valence-corrected chi connectivity index (χ0v) is 13.3. The van der Waals surface area contributed by atoms with E-state index in [1.807, 2.05) is 37.6 Å². The number of nitrogens with one attached hydrogen (secondary N) is 2. The molecular weight excluding hydrogens is 298 g/mol. The molecule has 3 rings (SSSR count). The van der Waals surface area contributed by atoms with Gasteiger partial charge in [0.25, 0.3) is 0 Å². The lowest BCUT2D eigenvalue weighted by Gasteiger charge is -2.07. The van der Waals surface area contributed by atoms with Crippen molar-refractivity contribution in [2.24, 2.45) is 7.05 Å². The first-order valence-electron chi connectivity index (χ1n) is 6.70. The number of aromatic amines is 1. The van der Waals surface area contributed by atoms with Crippen LogP contribution in [0.2, 0.25) is 0 Å². The van der Waals surface area contributed by atoms with E-state index in [-0.39, 0.29) is 0 Å². The summed E-state index contributed by atoms with van der Waals surface area (Å²) in [6.45, 7) is 3.80. The average molecular weight is 313 g/mol. The Bertz CT molecular complexity index is 912. The number of nitriles is 1. The summed E-state index contributed by atoms with van der Waals surface area (Å²) in [4.78, 5) is 7.34. The van der Waals surface area contributed by atoms with E-state index in [4.69, 9.17) is 5.26 Å². The number of hydrogen-bond donors (Lipinski definition) is 2. The van der Waals surface area contributed by atoms with Gasteiger partial charge in [0.15, 0.2) is 16.0 Å². The summed E-state index contributed by atoms with van der Waals surface area (Å²) in [5, 5.41) is 10.5. The lowest BCUT2D eigenvalue weighted by molar-refractivity contribution is 0.684. The van der Waals surface area contributed by atoms with Crippen LogP contribution in [0.25, 0.3) is 10.9 Å². The van der Waals surface area contributed by atoms with Crippen LogP contribution in [-0.2, 0) is 18.0 Å². The third-order valence-electron chi connectivity index (χ3n) is 3.64. The first kappa shape index (κ1) is 14.4. The number of H-pyrrole nitrogens is 1. The summed E-state index contributed by atoms with van der Waals surface area (Å²) in [7, 11) is 0.394. The van der Waals surface area contributed by atoms with Crippen molar-refractivity contribution in [1.29, 1.82) is 5.26 Å². The van der Waals surface area contributed by atoms with Gasteiger partial charge in [0.2, 0.25) is 0 Å². The summed E-state index contributed by atoms with van der Waals surface area (Å²) in [6.07, 6.45) is 3.40. The molecule has 0 saturated heterocycles. The first-order chi connectivity index (χ1) is 10.5. The van der Waals surface area contributed by atoms with Gasteiger partial charge in [-0.3, -0.25) is 4.72 Å². The molecule has 0 aliphatic rings. The molecule has 0 radical (unpaired) electrons. The number of imidazole rings is 1. The van der Waals surface area contributed by atoms with Crippen LogP contribution in [0.3, 0.4) is 0 Å². The van der Waals surface area contributed by atoms with E-state index >= 15 is 0 Å². The summed E-state index contributed by atoms with van der Waals surface area (Å²) < 4.78 is 17.2. The van der Waals surface area contributed by atoms with E-state index < -0.39 is 11.0 Å². The molecule has 6 nitrogen and oxygen atoms in total. The molecule has 2 heterocycles. The topological polar surface area (TPSA) is 86.5 Å². The van der Waals surface area contributed by atoms with E-state index in [1.165, 1.54) is 0 Å². The molecule has 1 unspecified atom stereocenters. The van der Waals surface area contributed by atoms with Gasteiger partial charge in [-0.25, -0.2) is 9.19 Å². The normalized spacial score (nSPS) is 12.3. The number of aryl methyl sites for hydroxylation is 3. The predicted octanol–water partition coefficient (Wildman–Crippen LogP) is 2.52. The zero-order valence-electron chi connectivity index (χ0n) is 12.5. The Hall–Kier alpha value is -2.59. The van der Waals surface area contributed by atoms with Crippen LogP contribution in [0.1, 0.15) is 17.0 Å². The van der Waals surface area contributed by atoms with Crippen molar-refractivity contribution in [3.05, 3.63) is 41.5 Å². The summed E-state index contributed by atoms with van der Waals surface area (Å²) in [5.41, 5.74) is 3.04. The number of anilines is 1. The molecule has 7 heteroatoms. The van der Waals surface area contributed by atoms with Crippen molar-refractivity contribution >= 4 is 27.6 Å². The Morgan fingerprint density at radius 2 is 2.18 bits per heavy atom. The molecule has 0 aliphatic carbocycles. The summed E-state index contributed by atoms with van der Waals surface area (Å²) in [5.74, 6) is 0.797. The second-order valence-electron chi connectivity index (χ2n) is 5.10. The van der Waals surface area contributed by atoms with Crippen molar-refractivity contribution in [2.45, 2.75) is 18.9 Å². The van der Waals surface area contributed by atoms with Crippen LogP contribution in [0.4, 0.5) is 5.69 Å². The number of nitrogens with zero attached hydrogens (tertiary/aromatic N) is 3. The fraction of sp³-hybridized carbons (Fsp3) is 0.200. The molecule has 2 aromatic heterocycles. The highest BCUT2D eigenvalue weighted by atomic mass is 32.2. The van der Waals surface area contributed by atoms with E-state index in [0.29, 0.717) is 16.3 Å². The highest BCUT2D eigenvalue weighted by Crippen LogP contribution is 2.29. The largest absolute Gasteiger partial charge is 0.358 e. The van der Waals surface area contributed by atoms with Gasteiger partial charge in [0.1, 0.15) is 11.9 Å². The van der Waals surface area contributed by atoms with Crippen molar-refractivity contribution in [1.82, 2.24) is 14.5 Å². The van der Waals surface area contributed by atoms with Crippen LogP contribution in [-0.4, -0.2) is 18.7 Å². The van der Waals surface area contributed by atoms with Gasteiger partial charge in [-0.05, 0) is 25.5 Å². The molecule has 0 spiro atoms. The first-order valence-corrected chi connectivity index (χ1v) is 7.85. The number of fused-ring (bicyclic) bond motifs is 1. The van der Waals surface area contributed by atoms with E-state index in [0.717, 1.165) is 22.3 Å². The van der Waals surface area contributed by atoms with Gasteiger partial charge < -0.3 is 9.55 Å². The van der Waals surface area contributed by atoms with E-state index in [2.05, 4.69) is 20.8 Å². The van der Waals surface area contributed by atoms with Crippen LogP contribution >= 0.6 is 0 Å². The second-order valence-corrected chi connectivity index (χ2v) is 6.26. The SMILES string of the molecule is Cc1ccc(NS(=O)c2cn(C)c(C)n2)c2[nH]cc(C#N)c12. The molecule has 1 aromatic carbocycles. The maximum absolute atomic E-state index is 12.4. The van der Waals surface area contributed by atoms with Gasteiger partial charge in [-0.15, -0.1) is 0 Å². The third-order valence-corrected chi connectivity index (χ3v) is 4.63. The van der Waals surface area contributed by atoms with Crippen LogP contribution in [0, 0.1) is 25.2 Å². The molecular formula is C15H15N5OS. The van der Waals surface area contributed by atoms with Gasteiger partial charge >= 0.3 is 0 Å². The van der Waals surface area contributed by atoms with E-state index in [1.54, 1.807) is 12.4 Å². The highest BCUT2D eigenvalue weighted by molar-refractivity contribution is 7.86. The molecule has 0 bridgehead atoms. The van der Waals surface area contributed by atoms with Crippen LogP contribution < -0.4 is 4.72 Å². The minimum atomic E-state index is -1.46. The lowest BCUT2D eigenvalue weighted by atomic mass is 10.1. The molecule has 0 aliphatic heterocycles. The molecule has 0 fully saturated rings. The summed E-state index contributed by atoms with van der Waals surface area (Å²) >= 11 is 0. The lowest BCUT2D eigenvalue weighted by Crippen LogP contribution is -2.06. The fourth-order valence-corrected chi connectivity index (χ4v) is 3.30. The Labute approximate surface area is 130 Å². The zero-order chi connectivity index (χ0) is 15.9. The number of rotatable bonds is 3. The Kier molecular flexibility index (Phi) is 3.47. The quantitative estimate of drug-likeness (QED) is 0.779. The van der Waals surface area contributed by atoms with Crippen molar-refractivity contribution in [3.8, 4) is 6.07 Å². The molecule has 22 heavy (non-hydrogen) atoms. The standard InChI is InChI=1S/C15H15N5OS/c1-9-4-5-12(15-14(9)11(6-16)7-17-15)19-22(21)13-8-20(3)10(2)18-13/h4-5,7-8,17,19H,1-3H3. The Balaban J connectivity index is 2.01. The maximum Gasteiger partial charge on any atom is 0.171 e. The predicted molar refractivity (Wildman–Crippen MR) is 85.7 cm³/mol. The average Bonchev–Trinajstić information content (AvgIpc) is 3.07. The fourth-order valence-electron chi connectivity index (χ4n) is 2.36. The van der Waals surface area contributed by atoms with Gasteiger partial charge in [-0.2, -0.15) is 5.26 Å². The minimum absolute atomic E-state index is 0.473. The number of hydrogen-bond acceptors (Lipinski definition) is 3. The third kappa shape index (κ3) is 2.27. The highest BCUT2D eigenvalue weighted by Gasteiger charge is 2.14. The monoisotopic (exact) mass is 313 g/mol. The molecule has 112 valence electrons. The van der Waals surface area contributed by atoms with Crippen LogP contribution in [0.5, 0.6) is 0 Å². The number of benzene rings is 1.